The van der Waals surface area contributed by atoms with Gasteiger partial charge in [-0.1, -0.05) is 47.7 Å². The number of aromatic nitrogens is 1. The van der Waals surface area contributed by atoms with Crippen molar-refractivity contribution in [3.05, 3.63) is 58.1 Å². The maximum absolute atomic E-state index is 12.5. The lowest BCUT2D eigenvalue weighted by molar-refractivity contribution is -0.113. The minimum absolute atomic E-state index is 0.176. The van der Waals surface area contributed by atoms with E-state index in [1.54, 1.807) is 42.5 Å². The third kappa shape index (κ3) is 2.99. The molecule has 4 nitrogen and oxygen atoms in total. The predicted molar refractivity (Wildman–Crippen MR) is 93.0 cm³/mol. The summed E-state index contributed by atoms with van der Waals surface area (Å²) in [6.07, 6.45) is 3.20. The van der Waals surface area contributed by atoms with Crippen LogP contribution in [0.15, 0.2) is 47.5 Å². The molecule has 1 aromatic heterocycles. The minimum Gasteiger partial charge on any atom is -0.508 e. The van der Waals surface area contributed by atoms with E-state index >= 15 is 0 Å². The summed E-state index contributed by atoms with van der Waals surface area (Å²) in [5, 5.41) is 9.78. The summed E-state index contributed by atoms with van der Waals surface area (Å²) in [4.78, 5) is 18.5. The quantitative estimate of drug-likeness (QED) is 0.660. The smallest absolute Gasteiger partial charge is 0.271 e. The molecule has 2 aromatic rings. The molecule has 1 aromatic carbocycles. The number of thiocarbonyl (C=S) groups is 1. The van der Waals surface area contributed by atoms with Gasteiger partial charge in [-0.15, -0.1) is 0 Å². The van der Waals surface area contributed by atoms with Gasteiger partial charge in [0.15, 0.2) is 4.32 Å². The molecule has 1 amide bonds. The average molecular weight is 349 g/mol. The predicted octanol–water partition coefficient (Wildman–Crippen LogP) is 3.85. The Bertz CT molecular complexity index is 773. The minimum atomic E-state index is -0.224. The lowest BCUT2D eigenvalue weighted by Crippen LogP contribution is -2.28. The van der Waals surface area contributed by atoms with Gasteiger partial charge in [0.2, 0.25) is 0 Å². The highest BCUT2D eigenvalue weighted by Gasteiger charge is 2.34. The van der Waals surface area contributed by atoms with Crippen molar-refractivity contribution in [3.8, 4) is 5.75 Å². The number of carbonyl (C=O) groups excluding carboxylic acids is 1. The molecule has 0 atom stereocenters. The molecular weight excluding hydrogens is 340 g/mol. The Morgan fingerprint density at radius 1 is 1.23 bits per heavy atom. The van der Waals surface area contributed by atoms with Crippen molar-refractivity contribution < 1.29 is 9.90 Å². The maximum atomic E-state index is 12.5. The second-order valence-electron chi connectivity index (χ2n) is 4.44. The van der Waals surface area contributed by atoms with Crippen LogP contribution in [0.3, 0.4) is 0 Å². The Morgan fingerprint density at radius 2 is 1.95 bits per heavy atom. The molecule has 0 unspecified atom stereocenters. The molecule has 1 fully saturated rings. The molecule has 1 aliphatic heterocycles. The van der Waals surface area contributed by atoms with E-state index in [2.05, 4.69) is 4.98 Å². The number of benzene rings is 1. The number of phenolic OH excluding ortho intramolecular Hbond substituents is 1. The highest BCUT2D eigenvalue weighted by atomic mass is 35.5. The number of rotatable bonds is 2. The number of carbonyl (C=O) groups is 1. The number of amides is 1. The Morgan fingerprint density at radius 3 is 2.59 bits per heavy atom. The van der Waals surface area contributed by atoms with E-state index in [4.69, 9.17) is 23.8 Å². The molecule has 1 aliphatic rings. The molecule has 0 aliphatic carbocycles. The van der Waals surface area contributed by atoms with Crippen LogP contribution in [0.2, 0.25) is 5.02 Å². The first-order valence-corrected chi connectivity index (χ1v) is 7.83. The standard InChI is InChI=1S/C15H9ClN2O2S2/c16-10-3-6-13(17-8-10)18-14(20)12(22-15(18)21)7-9-1-4-11(19)5-2-9/h1-8,19H/b12-7-. The van der Waals surface area contributed by atoms with Crippen molar-refractivity contribution in [3.63, 3.8) is 0 Å². The van der Waals surface area contributed by atoms with E-state index in [1.165, 1.54) is 22.9 Å². The fraction of sp³-hybridized carbons (Fsp3) is 0. The molecule has 3 rings (SSSR count). The number of aromatic hydroxyl groups is 1. The fourth-order valence-electron chi connectivity index (χ4n) is 1.89. The monoisotopic (exact) mass is 348 g/mol. The number of halogens is 1. The number of pyridine rings is 1. The van der Waals surface area contributed by atoms with Gasteiger partial charge in [-0.2, -0.15) is 0 Å². The fourth-order valence-corrected chi connectivity index (χ4v) is 3.27. The van der Waals surface area contributed by atoms with Gasteiger partial charge < -0.3 is 5.11 Å². The molecule has 1 saturated heterocycles. The average Bonchev–Trinajstić information content (AvgIpc) is 2.77. The first kappa shape index (κ1) is 15.0. The van der Waals surface area contributed by atoms with Crippen molar-refractivity contribution in [1.82, 2.24) is 4.98 Å². The first-order chi connectivity index (χ1) is 10.5. The summed E-state index contributed by atoms with van der Waals surface area (Å²) < 4.78 is 0.421. The van der Waals surface area contributed by atoms with Crippen molar-refractivity contribution >= 4 is 57.7 Å². The van der Waals surface area contributed by atoms with Crippen LogP contribution in [0.25, 0.3) is 6.08 Å². The van der Waals surface area contributed by atoms with Crippen molar-refractivity contribution in [2.45, 2.75) is 0 Å². The summed E-state index contributed by atoms with van der Waals surface area (Å²) in [5.74, 6) is 0.397. The topological polar surface area (TPSA) is 53.4 Å². The van der Waals surface area contributed by atoms with Gasteiger partial charge in [-0.05, 0) is 35.9 Å². The number of phenols is 1. The molecule has 1 N–H and O–H groups in total. The molecule has 0 saturated carbocycles. The second kappa shape index (κ2) is 6.08. The number of hydrogen-bond acceptors (Lipinski definition) is 5. The van der Waals surface area contributed by atoms with Gasteiger partial charge in [0.05, 0.1) is 9.93 Å². The van der Waals surface area contributed by atoms with Gasteiger partial charge >= 0.3 is 0 Å². The van der Waals surface area contributed by atoms with Crippen LogP contribution in [0.4, 0.5) is 5.82 Å². The van der Waals surface area contributed by atoms with Crippen LogP contribution in [-0.4, -0.2) is 20.3 Å². The van der Waals surface area contributed by atoms with Crippen molar-refractivity contribution in [1.29, 1.82) is 0 Å². The van der Waals surface area contributed by atoms with Gasteiger partial charge in [-0.3, -0.25) is 4.79 Å². The zero-order chi connectivity index (χ0) is 15.7. The Labute approximate surface area is 141 Å². The number of hydrogen-bond donors (Lipinski definition) is 1. The van der Waals surface area contributed by atoms with Gasteiger partial charge in [0, 0.05) is 6.20 Å². The van der Waals surface area contributed by atoms with Crippen molar-refractivity contribution in [2.75, 3.05) is 4.90 Å². The van der Waals surface area contributed by atoms with Crippen molar-refractivity contribution in [2.24, 2.45) is 0 Å². The summed E-state index contributed by atoms with van der Waals surface area (Å²) in [7, 11) is 0. The summed E-state index contributed by atoms with van der Waals surface area (Å²) in [5.41, 5.74) is 0.808. The Kier molecular flexibility index (Phi) is 4.15. The first-order valence-electron chi connectivity index (χ1n) is 6.23. The SMILES string of the molecule is O=C1/C(=C/c2ccc(O)cc2)SC(=S)N1c1ccc(Cl)cn1. The Hall–Kier alpha value is -1.89. The summed E-state index contributed by atoms with van der Waals surface area (Å²) in [6.45, 7) is 0. The van der Waals surface area contributed by atoms with Crippen LogP contribution in [-0.2, 0) is 4.79 Å². The normalized spacial score (nSPS) is 16.6. The van der Waals surface area contributed by atoms with Crippen LogP contribution in [0.1, 0.15) is 5.56 Å². The number of anilines is 1. The third-order valence-electron chi connectivity index (χ3n) is 2.93. The third-order valence-corrected chi connectivity index (χ3v) is 4.45. The van der Waals surface area contributed by atoms with Crippen LogP contribution in [0.5, 0.6) is 5.75 Å². The number of thioether (sulfide) groups is 1. The van der Waals surface area contributed by atoms with Gasteiger partial charge in [0.1, 0.15) is 11.6 Å². The molecular formula is C15H9ClN2O2S2. The van der Waals surface area contributed by atoms with Crippen LogP contribution < -0.4 is 4.90 Å². The molecule has 0 radical (unpaired) electrons. The summed E-state index contributed by atoms with van der Waals surface area (Å²) >= 11 is 12.3. The molecule has 7 heteroatoms. The maximum Gasteiger partial charge on any atom is 0.271 e. The second-order valence-corrected chi connectivity index (χ2v) is 6.56. The van der Waals surface area contributed by atoms with E-state index in [-0.39, 0.29) is 11.7 Å². The van der Waals surface area contributed by atoms with Crippen LogP contribution >= 0.6 is 35.6 Å². The zero-order valence-electron chi connectivity index (χ0n) is 11.1. The van der Waals surface area contributed by atoms with E-state index in [0.717, 1.165) is 5.56 Å². The zero-order valence-corrected chi connectivity index (χ0v) is 13.5. The molecule has 0 spiro atoms. The van der Waals surface area contributed by atoms with E-state index in [1.807, 2.05) is 0 Å². The Balaban J connectivity index is 1.91. The molecule has 110 valence electrons. The highest BCUT2D eigenvalue weighted by molar-refractivity contribution is 8.27. The largest absolute Gasteiger partial charge is 0.508 e. The van der Waals surface area contributed by atoms with E-state index < -0.39 is 0 Å². The summed E-state index contributed by atoms with van der Waals surface area (Å²) in [6, 6.07) is 9.88. The lowest BCUT2D eigenvalue weighted by Gasteiger charge is -2.12. The molecule has 2 heterocycles. The van der Waals surface area contributed by atoms with Gasteiger partial charge in [-0.25, -0.2) is 9.88 Å². The molecule has 0 bridgehead atoms. The highest BCUT2D eigenvalue weighted by Crippen LogP contribution is 2.35. The van der Waals surface area contributed by atoms with E-state index in [0.29, 0.717) is 20.1 Å². The lowest BCUT2D eigenvalue weighted by atomic mass is 10.2. The molecule has 22 heavy (non-hydrogen) atoms. The van der Waals surface area contributed by atoms with Gasteiger partial charge in [0.25, 0.3) is 5.91 Å². The van der Waals surface area contributed by atoms with E-state index in [9.17, 15) is 9.90 Å². The van der Waals surface area contributed by atoms with Crippen LogP contribution in [0, 0.1) is 0 Å². The number of nitrogens with zero attached hydrogens (tertiary/aromatic N) is 2.